The number of nitrogens with one attached hydrogen (secondary N) is 1. The molecule has 1 atom stereocenters. The van der Waals surface area contributed by atoms with Gasteiger partial charge in [0.15, 0.2) is 0 Å². The van der Waals surface area contributed by atoms with Gasteiger partial charge in [0.2, 0.25) is 5.91 Å². The van der Waals surface area contributed by atoms with Crippen LogP contribution in [0.2, 0.25) is 5.02 Å². The highest BCUT2D eigenvalue weighted by Gasteiger charge is 2.26. The van der Waals surface area contributed by atoms with E-state index in [1.807, 2.05) is 18.2 Å². The Bertz CT molecular complexity index is 482. The van der Waals surface area contributed by atoms with Crippen molar-refractivity contribution in [1.82, 2.24) is 10.2 Å². The third kappa shape index (κ3) is 4.23. The van der Waals surface area contributed by atoms with Gasteiger partial charge >= 0.3 is 0 Å². The predicted molar refractivity (Wildman–Crippen MR) is 92.1 cm³/mol. The molecule has 1 heterocycles. The Morgan fingerprint density at radius 2 is 1.86 bits per heavy atom. The molecule has 22 heavy (non-hydrogen) atoms. The number of hydrogen-bond acceptors (Lipinski definition) is 2. The number of rotatable bonds is 7. The van der Waals surface area contributed by atoms with Gasteiger partial charge in [0.1, 0.15) is 0 Å². The number of halogens is 1. The molecule has 1 saturated heterocycles. The third-order valence-electron chi connectivity index (χ3n) is 4.67. The second-order valence-corrected chi connectivity index (χ2v) is 6.45. The molecule has 1 N–H and O–H groups in total. The molecule has 1 aromatic rings. The van der Waals surface area contributed by atoms with Crippen LogP contribution in [0.5, 0.6) is 0 Å². The number of amides is 1. The second-order valence-electron chi connectivity index (χ2n) is 6.04. The zero-order valence-electron chi connectivity index (χ0n) is 13.6. The molecule has 0 aromatic heterocycles. The monoisotopic (exact) mass is 322 g/mol. The van der Waals surface area contributed by atoms with Gasteiger partial charge in [0.25, 0.3) is 0 Å². The molecule has 1 aliphatic heterocycles. The highest BCUT2D eigenvalue weighted by molar-refractivity contribution is 6.31. The Morgan fingerprint density at radius 1 is 1.23 bits per heavy atom. The van der Waals surface area contributed by atoms with Crippen LogP contribution >= 0.6 is 11.6 Å². The molecule has 0 spiro atoms. The molecule has 0 bridgehead atoms. The molecule has 2 rings (SSSR count). The van der Waals surface area contributed by atoms with Gasteiger partial charge in [-0.25, -0.2) is 0 Å². The average Bonchev–Trinajstić information content (AvgIpc) is 3.04. The van der Waals surface area contributed by atoms with Gasteiger partial charge in [0.05, 0.1) is 6.04 Å². The molecule has 0 unspecified atom stereocenters. The summed E-state index contributed by atoms with van der Waals surface area (Å²) < 4.78 is 0. The molecule has 0 radical (unpaired) electrons. The summed E-state index contributed by atoms with van der Waals surface area (Å²) in [7, 11) is 0. The molecule has 122 valence electrons. The van der Waals surface area contributed by atoms with E-state index in [9.17, 15) is 4.79 Å². The van der Waals surface area contributed by atoms with E-state index < -0.39 is 0 Å². The fourth-order valence-corrected chi connectivity index (χ4v) is 3.50. The van der Waals surface area contributed by atoms with E-state index in [1.165, 1.54) is 12.8 Å². The van der Waals surface area contributed by atoms with Crippen molar-refractivity contribution in [3.63, 3.8) is 0 Å². The third-order valence-corrected chi connectivity index (χ3v) is 5.02. The summed E-state index contributed by atoms with van der Waals surface area (Å²) >= 11 is 6.39. The van der Waals surface area contributed by atoms with E-state index in [0.29, 0.717) is 6.54 Å². The van der Waals surface area contributed by atoms with Gasteiger partial charge in [-0.3, -0.25) is 9.69 Å². The first-order chi connectivity index (χ1) is 10.7. The summed E-state index contributed by atoms with van der Waals surface area (Å²) in [5.74, 6) is 0.284. The first-order valence-electron chi connectivity index (χ1n) is 8.43. The van der Waals surface area contributed by atoms with Crippen molar-refractivity contribution in [2.24, 2.45) is 5.92 Å². The van der Waals surface area contributed by atoms with Crippen molar-refractivity contribution in [3.05, 3.63) is 34.9 Å². The molecule has 4 heteroatoms. The van der Waals surface area contributed by atoms with Crippen molar-refractivity contribution in [1.29, 1.82) is 0 Å². The van der Waals surface area contributed by atoms with E-state index in [1.54, 1.807) is 0 Å². The lowest BCUT2D eigenvalue weighted by Crippen LogP contribution is -2.39. The number of likely N-dealkylation sites (tertiary alicyclic amines) is 1. The van der Waals surface area contributed by atoms with Crippen molar-refractivity contribution in [2.75, 3.05) is 19.6 Å². The van der Waals surface area contributed by atoms with Gasteiger partial charge in [-0.1, -0.05) is 43.6 Å². The number of nitrogens with zero attached hydrogens (tertiary/aromatic N) is 1. The molecule has 0 aliphatic carbocycles. The summed E-state index contributed by atoms with van der Waals surface area (Å²) in [5, 5.41) is 3.94. The highest BCUT2D eigenvalue weighted by atomic mass is 35.5. The average molecular weight is 323 g/mol. The van der Waals surface area contributed by atoms with Gasteiger partial charge in [0, 0.05) is 17.5 Å². The quantitative estimate of drug-likeness (QED) is 0.822. The molecular weight excluding hydrogens is 296 g/mol. The maximum atomic E-state index is 12.3. The van der Waals surface area contributed by atoms with Crippen LogP contribution < -0.4 is 5.32 Å². The zero-order valence-corrected chi connectivity index (χ0v) is 14.4. The molecule has 1 fully saturated rings. The first-order valence-corrected chi connectivity index (χ1v) is 8.81. The topological polar surface area (TPSA) is 32.3 Å². The van der Waals surface area contributed by atoms with Gasteiger partial charge in [-0.05, 0) is 50.4 Å². The predicted octanol–water partition coefficient (Wildman–Crippen LogP) is 4.03. The van der Waals surface area contributed by atoms with Crippen LogP contribution in [0.3, 0.4) is 0 Å². The number of benzene rings is 1. The lowest BCUT2D eigenvalue weighted by molar-refractivity contribution is -0.125. The number of carbonyl (C=O) groups is 1. The van der Waals surface area contributed by atoms with Crippen LogP contribution in [0.25, 0.3) is 0 Å². The highest BCUT2D eigenvalue weighted by Crippen LogP contribution is 2.29. The molecule has 3 nitrogen and oxygen atoms in total. The van der Waals surface area contributed by atoms with Crippen molar-refractivity contribution >= 4 is 17.5 Å². The fraction of sp³-hybridized carbons (Fsp3) is 0.611. The van der Waals surface area contributed by atoms with E-state index in [2.05, 4.69) is 30.1 Å². The van der Waals surface area contributed by atoms with E-state index in [-0.39, 0.29) is 17.9 Å². The molecule has 0 saturated carbocycles. The van der Waals surface area contributed by atoms with Crippen LogP contribution in [0.1, 0.15) is 51.1 Å². The van der Waals surface area contributed by atoms with Crippen LogP contribution in [-0.4, -0.2) is 30.4 Å². The molecular formula is C18H27ClN2O. The smallest absolute Gasteiger partial charge is 0.223 e. The van der Waals surface area contributed by atoms with Crippen molar-refractivity contribution < 1.29 is 4.79 Å². The fourth-order valence-electron chi connectivity index (χ4n) is 3.24. The SMILES string of the molecule is CCC(CC)C(=O)NC[C@H](c1ccccc1Cl)N1CCCC1. The van der Waals surface area contributed by atoms with Crippen molar-refractivity contribution in [2.45, 2.75) is 45.6 Å². The lowest BCUT2D eigenvalue weighted by atomic mass is 10.0. The van der Waals surface area contributed by atoms with Crippen LogP contribution in [0, 0.1) is 5.92 Å². The minimum Gasteiger partial charge on any atom is -0.354 e. The second kappa shape index (κ2) is 8.54. The summed E-state index contributed by atoms with van der Waals surface area (Å²) in [4.78, 5) is 14.7. The largest absolute Gasteiger partial charge is 0.354 e. The van der Waals surface area contributed by atoms with E-state index >= 15 is 0 Å². The molecule has 1 aromatic carbocycles. The van der Waals surface area contributed by atoms with Crippen LogP contribution in [-0.2, 0) is 4.79 Å². The summed E-state index contributed by atoms with van der Waals surface area (Å²) in [5.41, 5.74) is 1.12. The zero-order chi connectivity index (χ0) is 15.9. The Balaban J connectivity index is 2.09. The summed E-state index contributed by atoms with van der Waals surface area (Å²) in [6, 6.07) is 8.16. The summed E-state index contributed by atoms with van der Waals surface area (Å²) in [6.07, 6.45) is 4.23. The Labute approximate surface area is 139 Å². The number of carbonyl (C=O) groups excluding carboxylic acids is 1. The Morgan fingerprint density at radius 3 is 2.45 bits per heavy atom. The molecule has 1 aliphatic rings. The standard InChI is InChI=1S/C18H27ClN2O/c1-3-14(4-2)18(22)20-13-17(21-11-7-8-12-21)15-9-5-6-10-16(15)19/h5-6,9-10,14,17H,3-4,7-8,11-13H2,1-2H3,(H,20,22)/t17-/m1/s1. The van der Waals surface area contributed by atoms with Crippen LogP contribution in [0.4, 0.5) is 0 Å². The van der Waals surface area contributed by atoms with Gasteiger partial charge in [-0.2, -0.15) is 0 Å². The Hall–Kier alpha value is -1.06. The Kier molecular flexibility index (Phi) is 6.71. The molecule has 1 amide bonds. The normalized spacial score (nSPS) is 16.9. The van der Waals surface area contributed by atoms with Crippen LogP contribution in [0.15, 0.2) is 24.3 Å². The van der Waals surface area contributed by atoms with Gasteiger partial charge in [-0.15, -0.1) is 0 Å². The van der Waals surface area contributed by atoms with E-state index in [0.717, 1.165) is 36.5 Å². The minimum atomic E-state index is 0.116. The summed E-state index contributed by atoms with van der Waals surface area (Å²) in [6.45, 7) is 6.94. The lowest BCUT2D eigenvalue weighted by Gasteiger charge is -2.29. The maximum Gasteiger partial charge on any atom is 0.223 e. The van der Waals surface area contributed by atoms with Crippen molar-refractivity contribution in [3.8, 4) is 0 Å². The minimum absolute atomic E-state index is 0.116. The number of hydrogen-bond donors (Lipinski definition) is 1. The maximum absolute atomic E-state index is 12.3. The van der Waals surface area contributed by atoms with Gasteiger partial charge < -0.3 is 5.32 Å². The van der Waals surface area contributed by atoms with E-state index in [4.69, 9.17) is 11.6 Å². The first kappa shape index (κ1) is 17.3.